The van der Waals surface area contributed by atoms with Gasteiger partial charge in [-0.25, -0.2) is 4.98 Å². The van der Waals surface area contributed by atoms with Crippen LogP contribution < -0.4 is 5.32 Å². The molecule has 0 fully saturated rings. The molecule has 1 aromatic rings. The molecule has 1 N–H and O–H groups in total. The van der Waals surface area contributed by atoms with Gasteiger partial charge in [-0.05, 0) is 32.6 Å². The van der Waals surface area contributed by atoms with Crippen LogP contribution in [-0.2, 0) is 6.54 Å². The SMILES string of the molecule is CN=C(NCCC1=CCCC1)N(C)Cc1csc(C)n1.I. The van der Waals surface area contributed by atoms with Gasteiger partial charge in [0.1, 0.15) is 0 Å². The molecule has 4 nitrogen and oxygen atoms in total. The lowest BCUT2D eigenvalue weighted by atomic mass is 10.2. The van der Waals surface area contributed by atoms with Crippen molar-refractivity contribution in [1.82, 2.24) is 15.2 Å². The molecule has 21 heavy (non-hydrogen) atoms. The zero-order valence-corrected chi connectivity index (χ0v) is 16.2. The van der Waals surface area contributed by atoms with Crippen molar-refractivity contribution < 1.29 is 0 Å². The molecule has 1 aromatic heterocycles. The number of aliphatic imine (C=N–C) groups is 1. The molecule has 118 valence electrons. The summed E-state index contributed by atoms with van der Waals surface area (Å²) in [5.74, 6) is 0.939. The number of halogens is 1. The van der Waals surface area contributed by atoms with Gasteiger partial charge >= 0.3 is 0 Å². The van der Waals surface area contributed by atoms with Crippen LogP contribution in [0.15, 0.2) is 22.0 Å². The zero-order valence-electron chi connectivity index (χ0n) is 13.1. The van der Waals surface area contributed by atoms with Crippen LogP contribution in [0.1, 0.15) is 36.4 Å². The number of guanidine groups is 1. The summed E-state index contributed by atoms with van der Waals surface area (Å²) >= 11 is 1.69. The highest BCUT2D eigenvalue weighted by Crippen LogP contribution is 2.19. The normalized spacial score (nSPS) is 14.6. The molecule has 0 radical (unpaired) electrons. The van der Waals surface area contributed by atoms with E-state index in [2.05, 4.69) is 38.7 Å². The van der Waals surface area contributed by atoms with Gasteiger partial charge in [-0.3, -0.25) is 4.99 Å². The summed E-state index contributed by atoms with van der Waals surface area (Å²) in [7, 11) is 3.89. The molecule has 1 heterocycles. The molecular weight excluding hydrogens is 395 g/mol. The summed E-state index contributed by atoms with van der Waals surface area (Å²) in [4.78, 5) is 11.0. The van der Waals surface area contributed by atoms with Crippen LogP contribution in [0.25, 0.3) is 0 Å². The molecule has 1 aliphatic rings. The van der Waals surface area contributed by atoms with Gasteiger partial charge in [0.15, 0.2) is 5.96 Å². The monoisotopic (exact) mass is 420 g/mol. The molecule has 0 saturated carbocycles. The summed E-state index contributed by atoms with van der Waals surface area (Å²) in [6, 6.07) is 0. The molecule has 0 aliphatic heterocycles. The van der Waals surface area contributed by atoms with Gasteiger partial charge in [0.2, 0.25) is 0 Å². The van der Waals surface area contributed by atoms with Gasteiger partial charge in [0, 0.05) is 26.0 Å². The number of hydrogen-bond donors (Lipinski definition) is 1. The van der Waals surface area contributed by atoms with Crippen LogP contribution in [0.4, 0.5) is 0 Å². The number of allylic oxidation sites excluding steroid dienone is 1. The minimum Gasteiger partial charge on any atom is -0.356 e. The molecule has 0 amide bonds. The average Bonchev–Trinajstić information content (AvgIpc) is 3.06. The smallest absolute Gasteiger partial charge is 0.193 e. The van der Waals surface area contributed by atoms with E-state index in [4.69, 9.17) is 0 Å². The van der Waals surface area contributed by atoms with Crippen LogP contribution in [0.2, 0.25) is 0 Å². The largest absolute Gasteiger partial charge is 0.356 e. The van der Waals surface area contributed by atoms with E-state index in [0.717, 1.165) is 36.2 Å². The lowest BCUT2D eigenvalue weighted by molar-refractivity contribution is 0.471. The summed E-state index contributed by atoms with van der Waals surface area (Å²) < 4.78 is 0. The highest BCUT2D eigenvalue weighted by atomic mass is 127. The van der Waals surface area contributed by atoms with Crippen LogP contribution in [0.5, 0.6) is 0 Å². The van der Waals surface area contributed by atoms with Crippen LogP contribution in [0, 0.1) is 6.92 Å². The van der Waals surface area contributed by atoms with Crippen molar-refractivity contribution in [2.24, 2.45) is 4.99 Å². The quantitative estimate of drug-likeness (QED) is 0.343. The molecule has 6 heteroatoms. The Morgan fingerprint density at radius 1 is 1.52 bits per heavy atom. The fraction of sp³-hybridized carbons (Fsp3) is 0.600. The van der Waals surface area contributed by atoms with Crippen molar-refractivity contribution >= 4 is 41.3 Å². The number of nitrogens with one attached hydrogen (secondary N) is 1. The van der Waals surface area contributed by atoms with Crippen molar-refractivity contribution in [3.63, 3.8) is 0 Å². The van der Waals surface area contributed by atoms with Gasteiger partial charge in [-0.2, -0.15) is 0 Å². The predicted octanol–water partition coefficient (Wildman–Crippen LogP) is 3.58. The van der Waals surface area contributed by atoms with E-state index in [9.17, 15) is 0 Å². The van der Waals surface area contributed by atoms with E-state index < -0.39 is 0 Å². The summed E-state index contributed by atoms with van der Waals surface area (Å²) in [6.07, 6.45) is 7.36. The molecule has 0 saturated heterocycles. The number of nitrogens with zero attached hydrogens (tertiary/aromatic N) is 3. The Kier molecular flexibility index (Phi) is 8.24. The lowest BCUT2D eigenvalue weighted by Gasteiger charge is -2.21. The Morgan fingerprint density at radius 2 is 2.33 bits per heavy atom. The summed E-state index contributed by atoms with van der Waals surface area (Å²) in [5, 5.41) is 6.66. The van der Waals surface area contributed by atoms with Gasteiger partial charge in [-0.15, -0.1) is 35.3 Å². The first-order valence-electron chi connectivity index (χ1n) is 7.19. The average molecular weight is 420 g/mol. The Morgan fingerprint density at radius 3 is 2.90 bits per heavy atom. The van der Waals surface area contributed by atoms with Crippen molar-refractivity contribution in [2.45, 2.75) is 39.2 Å². The topological polar surface area (TPSA) is 40.5 Å². The standard InChI is InChI=1S/C15H24N4S.HI/c1-12-18-14(11-20-12)10-19(3)15(16-2)17-9-8-13-6-4-5-7-13;/h6,11H,4-5,7-10H2,1-3H3,(H,16,17);1H. The summed E-state index contributed by atoms with van der Waals surface area (Å²) in [5.41, 5.74) is 2.70. The fourth-order valence-corrected chi connectivity index (χ4v) is 3.09. The molecule has 1 aliphatic carbocycles. The second kappa shape index (κ2) is 9.40. The van der Waals surface area contributed by atoms with Crippen molar-refractivity contribution in [3.05, 3.63) is 27.7 Å². The Hall–Kier alpha value is -0.630. The van der Waals surface area contributed by atoms with Crippen molar-refractivity contribution in [3.8, 4) is 0 Å². The minimum atomic E-state index is 0. The fourth-order valence-electron chi connectivity index (χ4n) is 2.48. The molecular formula is C15H25IN4S. The van der Waals surface area contributed by atoms with E-state index in [1.165, 1.54) is 19.3 Å². The van der Waals surface area contributed by atoms with Crippen LogP contribution >= 0.6 is 35.3 Å². The van der Waals surface area contributed by atoms with Crippen molar-refractivity contribution in [2.75, 3.05) is 20.6 Å². The van der Waals surface area contributed by atoms with Gasteiger partial charge < -0.3 is 10.2 Å². The number of rotatable bonds is 5. The number of thiazole rings is 1. The first-order valence-corrected chi connectivity index (χ1v) is 8.07. The minimum absolute atomic E-state index is 0. The van der Waals surface area contributed by atoms with Crippen molar-refractivity contribution in [1.29, 1.82) is 0 Å². The van der Waals surface area contributed by atoms with E-state index in [1.807, 2.05) is 14.0 Å². The maximum atomic E-state index is 4.50. The highest BCUT2D eigenvalue weighted by Gasteiger charge is 2.09. The van der Waals surface area contributed by atoms with Crippen LogP contribution in [-0.4, -0.2) is 36.5 Å². The number of aryl methyl sites for hydroxylation is 1. The molecule has 0 bridgehead atoms. The lowest BCUT2D eigenvalue weighted by Crippen LogP contribution is -2.39. The Bertz CT molecular complexity index is 496. The van der Waals surface area contributed by atoms with E-state index in [-0.39, 0.29) is 24.0 Å². The zero-order chi connectivity index (χ0) is 14.4. The first kappa shape index (κ1) is 18.4. The van der Waals surface area contributed by atoms with Gasteiger partial charge in [0.25, 0.3) is 0 Å². The molecule has 0 unspecified atom stereocenters. The summed E-state index contributed by atoms with van der Waals surface area (Å²) in [6.45, 7) is 3.79. The molecule has 0 spiro atoms. The maximum Gasteiger partial charge on any atom is 0.193 e. The third-order valence-electron chi connectivity index (χ3n) is 3.50. The van der Waals surface area contributed by atoms with E-state index >= 15 is 0 Å². The van der Waals surface area contributed by atoms with Crippen LogP contribution in [0.3, 0.4) is 0 Å². The van der Waals surface area contributed by atoms with Gasteiger partial charge in [0.05, 0.1) is 17.2 Å². The third-order valence-corrected chi connectivity index (χ3v) is 4.33. The second-order valence-corrected chi connectivity index (χ2v) is 6.25. The Labute approximate surface area is 148 Å². The molecule has 2 rings (SSSR count). The maximum absolute atomic E-state index is 4.50. The highest BCUT2D eigenvalue weighted by molar-refractivity contribution is 14.0. The number of hydrogen-bond acceptors (Lipinski definition) is 3. The number of aromatic nitrogens is 1. The predicted molar refractivity (Wildman–Crippen MR) is 102 cm³/mol. The molecule has 0 atom stereocenters. The van der Waals surface area contributed by atoms with E-state index in [1.54, 1.807) is 16.9 Å². The first-order chi connectivity index (χ1) is 9.69. The third kappa shape index (κ3) is 5.94. The Balaban J connectivity index is 0.00000220. The second-order valence-electron chi connectivity index (χ2n) is 5.19. The molecule has 0 aromatic carbocycles. The van der Waals surface area contributed by atoms with E-state index in [0.29, 0.717) is 0 Å². The van der Waals surface area contributed by atoms with Gasteiger partial charge in [-0.1, -0.05) is 11.6 Å².